The van der Waals surface area contributed by atoms with Gasteiger partial charge in [-0.3, -0.25) is 9.89 Å². The lowest BCUT2D eigenvalue weighted by molar-refractivity contribution is -0.0494. The Morgan fingerprint density at radius 2 is 2.25 bits per heavy atom. The lowest BCUT2D eigenvalue weighted by Gasteiger charge is -2.12. The van der Waals surface area contributed by atoms with Crippen molar-refractivity contribution in [3.8, 4) is 5.75 Å². The van der Waals surface area contributed by atoms with E-state index in [-0.39, 0.29) is 17.1 Å². The Labute approximate surface area is 126 Å². The highest BCUT2D eigenvalue weighted by molar-refractivity contribution is 14.1. The molecule has 1 aromatic carbocycles. The molecule has 1 amide bonds. The monoisotopic (exact) mass is 393 g/mol. The van der Waals surface area contributed by atoms with Crippen molar-refractivity contribution >= 4 is 34.2 Å². The summed E-state index contributed by atoms with van der Waals surface area (Å²) in [7, 11) is 0. The summed E-state index contributed by atoms with van der Waals surface area (Å²) in [6.07, 6.45) is 1.49. The highest BCUT2D eigenvalue weighted by Gasteiger charge is 2.16. The van der Waals surface area contributed by atoms with Gasteiger partial charge >= 0.3 is 6.61 Å². The number of carbonyl (C=O) groups is 1. The zero-order valence-electron chi connectivity index (χ0n) is 10.3. The minimum absolute atomic E-state index is 0.0807. The summed E-state index contributed by atoms with van der Waals surface area (Å²) in [6, 6.07) is 4.62. The molecule has 106 valence electrons. The number of aryl methyl sites for hydroxylation is 1. The number of aromatic amines is 1. The van der Waals surface area contributed by atoms with Gasteiger partial charge in [-0.25, -0.2) is 0 Å². The van der Waals surface area contributed by atoms with Crippen LogP contribution < -0.4 is 10.1 Å². The van der Waals surface area contributed by atoms with Gasteiger partial charge in [0.2, 0.25) is 0 Å². The smallest absolute Gasteiger partial charge is 0.387 e. The van der Waals surface area contributed by atoms with Gasteiger partial charge in [-0.05, 0) is 47.2 Å². The number of rotatable bonds is 4. The average molecular weight is 393 g/mol. The zero-order chi connectivity index (χ0) is 14.7. The van der Waals surface area contributed by atoms with Crippen molar-refractivity contribution in [3.05, 3.63) is 39.2 Å². The number of aromatic nitrogens is 2. The highest BCUT2D eigenvalue weighted by atomic mass is 127. The molecule has 20 heavy (non-hydrogen) atoms. The molecule has 0 aliphatic carbocycles. The van der Waals surface area contributed by atoms with Crippen LogP contribution in [0.2, 0.25) is 0 Å². The van der Waals surface area contributed by atoms with E-state index in [0.29, 0.717) is 3.57 Å². The molecule has 2 aromatic rings. The van der Waals surface area contributed by atoms with Crippen LogP contribution in [-0.2, 0) is 0 Å². The summed E-state index contributed by atoms with van der Waals surface area (Å²) in [6.45, 7) is -1.22. The fraction of sp³-hybridized carbons (Fsp3) is 0.167. The van der Waals surface area contributed by atoms with Crippen molar-refractivity contribution in [2.75, 3.05) is 5.32 Å². The number of nitrogens with zero attached hydrogens (tertiary/aromatic N) is 1. The van der Waals surface area contributed by atoms with E-state index in [4.69, 9.17) is 0 Å². The van der Waals surface area contributed by atoms with E-state index in [1.165, 1.54) is 18.3 Å². The third kappa shape index (κ3) is 3.44. The number of hydrogen-bond donors (Lipinski definition) is 2. The number of halogens is 3. The number of H-pyrrole nitrogens is 1. The van der Waals surface area contributed by atoms with Gasteiger partial charge in [-0.1, -0.05) is 6.07 Å². The first-order valence-corrected chi connectivity index (χ1v) is 6.61. The van der Waals surface area contributed by atoms with Gasteiger partial charge in [-0.15, -0.1) is 0 Å². The summed E-state index contributed by atoms with van der Waals surface area (Å²) in [5.74, 6) is -0.558. The quantitative estimate of drug-likeness (QED) is 0.785. The molecule has 0 bridgehead atoms. The normalized spacial score (nSPS) is 10.7. The third-order valence-corrected chi connectivity index (χ3v) is 3.24. The largest absolute Gasteiger partial charge is 0.433 e. The SMILES string of the molecule is Cc1ccc(NC(=O)c2[nH]ncc2I)c(OC(F)F)c1. The van der Waals surface area contributed by atoms with Crippen LogP contribution >= 0.6 is 22.6 Å². The van der Waals surface area contributed by atoms with E-state index in [1.54, 1.807) is 13.0 Å². The lowest BCUT2D eigenvalue weighted by atomic mass is 10.2. The second kappa shape index (κ2) is 6.16. The number of nitrogens with one attached hydrogen (secondary N) is 2. The van der Waals surface area contributed by atoms with Crippen LogP contribution in [0.25, 0.3) is 0 Å². The van der Waals surface area contributed by atoms with Crippen LogP contribution in [0.3, 0.4) is 0 Å². The van der Waals surface area contributed by atoms with Gasteiger partial charge < -0.3 is 10.1 Å². The molecule has 0 aliphatic rings. The summed E-state index contributed by atoms with van der Waals surface area (Å²) in [5.41, 5.74) is 1.18. The molecule has 2 rings (SSSR count). The maximum Gasteiger partial charge on any atom is 0.387 e. The summed E-state index contributed by atoms with van der Waals surface area (Å²) in [4.78, 5) is 12.0. The van der Waals surface area contributed by atoms with Gasteiger partial charge in [0.15, 0.2) is 0 Å². The Balaban J connectivity index is 2.25. The fourth-order valence-corrected chi connectivity index (χ4v) is 2.05. The molecular weight excluding hydrogens is 383 g/mol. The van der Waals surface area contributed by atoms with Crippen molar-refractivity contribution in [2.24, 2.45) is 0 Å². The van der Waals surface area contributed by atoms with Crippen molar-refractivity contribution in [1.29, 1.82) is 0 Å². The number of amides is 1. The highest BCUT2D eigenvalue weighted by Crippen LogP contribution is 2.28. The van der Waals surface area contributed by atoms with Crippen LogP contribution in [-0.4, -0.2) is 22.7 Å². The van der Waals surface area contributed by atoms with E-state index >= 15 is 0 Å². The molecule has 0 fully saturated rings. The van der Waals surface area contributed by atoms with Crippen LogP contribution in [0.1, 0.15) is 16.1 Å². The molecule has 0 spiro atoms. The molecule has 1 heterocycles. The van der Waals surface area contributed by atoms with E-state index < -0.39 is 12.5 Å². The summed E-state index contributed by atoms with van der Waals surface area (Å²) in [5, 5.41) is 8.78. The topological polar surface area (TPSA) is 67.0 Å². The number of carbonyl (C=O) groups excluding carboxylic acids is 1. The Bertz CT molecular complexity index is 631. The third-order valence-electron chi connectivity index (χ3n) is 2.42. The van der Waals surface area contributed by atoms with Crippen molar-refractivity contribution < 1.29 is 18.3 Å². The van der Waals surface area contributed by atoms with Crippen LogP contribution in [0.5, 0.6) is 5.75 Å². The number of alkyl halides is 2. The number of benzene rings is 1. The van der Waals surface area contributed by atoms with Crippen LogP contribution in [0.4, 0.5) is 14.5 Å². The standard InChI is InChI=1S/C12H10F2IN3O2/c1-6-2-3-8(9(4-6)20-12(13)14)17-11(19)10-7(15)5-16-18-10/h2-5,12H,1H3,(H,16,18)(H,17,19). The fourth-order valence-electron chi connectivity index (χ4n) is 1.54. The molecule has 0 saturated heterocycles. The van der Waals surface area contributed by atoms with Crippen molar-refractivity contribution in [3.63, 3.8) is 0 Å². The van der Waals surface area contributed by atoms with Gasteiger partial charge in [0.25, 0.3) is 5.91 Å². The lowest BCUT2D eigenvalue weighted by Crippen LogP contribution is -2.15. The molecule has 1 aromatic heterocycles. The van der Waals surface area contributed by atoms with Gasteiger partial charge in [0, 0.05) is 0 Å². The van der Waals surface area contributed by atoms with E-state index in [1.807, 2.05) is 22.6 Å². The Morgan fingerprint density at radius 1 is 1.50 bits per heavy atom. The maximum absolute atomic E-state index is 12.4. The molecule has 0 aliphatic heterocycles. The second-order valence-corrected chi connectivity index (χ2v) is 5.09. The maximum atomic E-state index is 12.4. The van der Waals surface area contributed by atoms with Crippen molar-refractivity contribution in [2.45, 2.75) is 13.5 Å². The molecular formula is C12H10F2IN3O2. The molecule has 0 radical (unpaired) electrons. The predicted octanol–water partition coefficient (Wildman–Crippen LogP) is 3.18. The van der Waals surface area contributed by atoms with Crippen LogP contribution in [0.15, 0.2) is 24.4 Å². The minimum atomic E-state index is -2.96. The van der Waals surface area contributed by atoms with Gasteiger partial charge in [0.05, 0.1) is 15.5 Å². The van der Waals surface area contributed by atoms with E-state index in [9.17, 15) is 13.6 Å². The summed E-state index contributed by atoms with van der Waals surface area (Å²) >= 11 is 1.94. The average Bonchev–Trinajstić information content (AvgIpc) is 2.78. The van der Waals surface area contributed by atoms with Gasteiger partial charge in [-0.2, -0.15) is 13.9 Å². The minimum Gasteiger partial charge on any atom is -0.433 e. The molecule has 0 atom stereocenters. The molecule has 5 nitrogen and oxygen atoms in total. The van der Waals surface area contributed by atoms with Crippen molar-refractivity contribution in [1.82, 2.24) is 10.2 Å². The summed E-state index contributed by atoms with van der Waals surface area (Å²) < 4.78 is 29.7. The number of ether oxygens (including phenoxy) is 1. The molecule has 0 saturated carbocycles. The van der Waals surface area contributed by atoms with Crippen LogP contribution in [0, 0.1) is 10.5 Å². The predicted molar refractivity (Wildman–Crippen MR) is 77.1 cm³/mol. The Morgan fingerprint density at radius 3 is 2.85 bits per heavy atom. The number of hydrogen-bond acceptors (Lipinski definition) is 3. The first-order valence-electron chi connectivity index (χ1n) is 5.53. The van der Waals surface area contributed by atoms with E-state index in [2.05, 4.69) is 20.3 Å². The molecule has 2 N–H and O–H groups in total. The first-order chi connectivity index (χ1) is 9.47. The van der Waals surface area contributed by atoms with Gasteiger partial charge in [0.1, 0.15) is 11.4 Å². The Kier molecular flexibility index (Phi) is 4.53. The first kappa shape index (κ1) is 14.7. The zero-order valence-corrected chi connectivity index (χ0v) is 12.4. The molecule has 8 heteroatoms. The number of anilines is 1. The second-order valence-electron chi connectivity index (χ2n) is 3.93. The van der Waals surface area contributed by atoms with E-state index in [0.717, 1.165) is 5.56 Å². The molecule has 0 unspecified atom stereocenters. The Hall–Kier alpha value is -1.71.